The Hall–Kier alpha value is -0.830. The maximum absolute atomic E-state index is 5.42. The zero-order chi connectivity index (χ0) is 9.14. The first-order valence-corrected chi connectivity index (χ1v) is 4.29. The SMILES string of the molecule is CC(C)C(C)c1cnc(CN)o1. The third kappa shape index (κ3) is 1.85. The summed E-state index contributed by atoms with van der Waals surface area (Å²) in [5.41, 5.74) is 5.38. The molecule has 0 saturated carbocycles. The van der Waals surface area contributed by atoms with Crippen LogP contribution in [0.15, 0.2) is 10.6 Å². The summed E-state index contributed by atoms with van der Waals surface area (Å²) >= 11 is 0. The lowest BCUT2D eigenvalue weighted by Crippen LogP contribution is -2.00. The van der Waals surface area contributed by atoms with Crippen LogP contribution in [0, 0.1) is 5.92 Å². The summed E-state index contributed by atoms with van der Waals surface area (Å²) in [6.45, 7) is 6.83. The molecule has 0 fully saturated rings. The Morgan fingerprint density at radius 3 is 2.58 bits per heavy atom. The van der Waals surface area contributed by atoms with Gasteiger partial charge in [0.1, 0.15) is 5.76 Å². The molecule has 1 unspecified atom stereocenters. The predicted molar refractivity (Wildman–Crippen MR) is 47.6 cm³/mol. The van der Waals surface area contributed by atoms with Crippen LogP contribution < -0.4 is 5.73 Å². The van der Waals surface area contributed by atoms with Crippen LogP contribution in [0.4, 0.5) is 0 Å². The van der Waals surface area contributed by atoms with Gasteiger partial charge in [0.15, 0.2) is 0 Å². The zero-order valence-electron chi connectivity index (χ0n) is 7.87. The van der Waals surface area contributed by atoms with Gasteiger partial charge in [-0.15, -0.1) is 0 Å². The fourth-order valence-electron chi connectivity index (χ4n) is 0.958. The second-order valence-corrected chi connectivity index (χ2v) is 3.39. The Bertz CT molecular complexity index is 242. The van der Waals surface area contributed by atoms with E-state index in [0.717, 1.165) is 5.76 Å². The number of hydrogen-bond donors (Lipinski definition) is 1. The minimum absolute atomic E-state index is 0.380. The molecule has 0 radical (unpaired) electrons. The third-order valence-electron chi connectivity index (χ3n) is 2.19. The van der Waals surface area contributed by atoms with E-state index in [-0.39, 0.29) is 0 Å². The highest BCUT2D eigenvalue weighted by Crippen LogP contribution is 2.23. The van der Waals surface area contributed by atoms with Crippen LogP contribution in [-0.4, -0.2) is 4.98 Å². The van der Waals surface area contributed by atoms with Crippen LogP contribution in [0.1, 0.15) is 38.3 Å². The van der Waals surface area contributed by atoms with E-state index in [0.29, 0.717) is 24.3 Å². The molecule has 0 saturated heterocycles. The van der Waals surface area contributed by atoms with E-state index in [1.807, 2.05) is 0 Å². The minimum atomic E-state index is 0.380. The average Bonchev–Trinajstić information content (AvgIpc) is 2.50. The lowest BCUT2D eigenvalue weighted by molar-refractivity contribution is 0.391. The van der Waals surface area contributed by atoms with Crippen molar-refractivity contribution in [3.63, 3.8) is 0 Å². The maximum Gasteiger partial charge on any atom is 0.208 e. The van der Waals surface area contributed by atoms with Crippen molar-refractivity contribution in [1.82, 2.24) is 4.98 Å². The molecule has 1 aromatic rings. The molecule has 0 aliphatic rings. The smallest absolute Gasteiger partial charge is 0.208 e. The van der Waals surface area contributed by atoms with Gasteiger partial charge in [0.2, 0.25) is 5.89 Å². The number of nitrogens with two attached hydrogens (primary N) is 1. The molecule has 12 heavy (non-hydrogen) atoms. The van der Waals surface area contributed by atoms with E-state index in [9.17, 15) is 0 Å². The van der Waals surface area contributed by atoms with Crippen molar-refractivity contribution >= 4 is 0 Å². The van der Waals surface area contributed by atoms with Gasteiger partial charge in [-0.1, -0.05) is 20.8 Å². The predicted octanol–water partition coefficient (Wildman–Crippen LogP) is 1.89. The molecular formula is C9H16N2O. The highest BCUT2D eigenvalue weighted by atomic mass is 16.4. The second-order valence-electron chi connectivity index (χ2n) is 3.39. The Balaban J connectivity index is 2.74. The van der Waals surface area contributed by atoms with E-state index in [2.05, 4.69) is 25.8 Å². The lowest BCUT2D eigenvalue weighted by Gasteiger charge is -2.10. The third-order valence-corrected chi connectivity index (χ3v) is 2.19. The minimum Gasteiger partial charge on any atom is -0.444 e. The molecule has 0 spiro atoms. The molecule has 2 N–H and O–H groups in total. The fraction of sp³-hybridized carbons (Fsp3) is 0.667. The molecule has 68 valence electrons. The summed E-state index contributed by atoms with van der Waals surface area (Å²) in [5.74, 6) is 2.55. The molecule has 1 heterocycles. The van der Waals surface area contributed by atoms with Gasteiger partial charge in [-0.05, 0) is 5.92 Å². The normalized spacial score (nSPS) is 13.8. The van der Waals surface area contributed by atoms with Gasteiger partial charge in [0, 0.05) is 5.92 Å². The van der Waals surface area contributed by atoms with Crippen molar-refractivity contribution in [2.75, 3.05) is 0 Å². The molecule has 1 rings (SSSR count). The summed E-state index contributed by atoms with van der Waals surface area (Å²) in [4.78, 5) is 4.05. The molecule has 0 aromatic carbocycles. The van der Waals surface area contributed by atoms with E-state index in [4.69, 9.17) is 10.2 Å². The van der Waals surface area contributed by atoms with Crippen LogP contribution >= 0.6 is 0 Å². The molecule has 3 nitrogen and oxygen atoms in total. The quantitative estimate of drug-likeness (QED) is 0.749. The average molecular weight is 168 g/mol. The van der Waals surface area contributed by atoms with Gasteiger partial charge in [-0.3, -0.25) is 0 Å². The monoisotopic (exact) mass is 168 g/mol. The first-order valence-electron chi connectivity index (χ1n) is 4.29. The van der Waals surface area contributed by atoms with Gasteiger partial charge in [0.05, 0.1) is 12.7 Å². The number of hydrogen-bond acceptors (Lipinski definition) is 3. The summed E-state index contributed by atoms with van der Waals surface area (Å²) in [6.07, 6.45) is 1.77. The maximum atomic E-state index is 5.42. The zero-order valence-corrected chi connectivity index (χ0v) is 7.87. The van der Waals surface area contributed by atoms with Crippen molar-refractivity contribution in [3.05, 3.63) is 17.8 Å². The van der Waals surface area contributed by atoms with Gasteiger partial charge in [-0.2, -0.15) is 0 Å². The van der Waals surface area contributed by atoms with Gasteiger partial charge >= 0.3 is 0 Å². The molecule has 0 bridgehead atoms. The van der Waals surface area contributed by atoms with Gasteiger partial charge in [-0.25, -0.2) is 4.98 Å². The summed E-state index contributed by atoms with van der Waals surface area (Å²) in [6, 6.07) is 0. The lowest BCUT2D eigenvalue weighted by atomic mass is 9.96. The summed E-state index contributed by atoms with van der Waals surface area (Å²) in [7, 11) is 0. The Kier molecular flexibility index (Phi) is 2.87. The van der Waals surface area contributed by atoms with E-state index in [1.165, 1.54) is 0 Å². The van der Waals surface area contributed by atoms with E-state index < -0.39 is 0 Å². The largest absolute Gasteiger partial charge is 0.444 e. The molecule has 0 amide bonds. The molecule has 0 aliphatic carbocycles. The summed E-state index contributed by atoms with van der Waals surface area (Å²) < 4.78 is 5.42. The molecule has 3 heteroatoms. The number of rotatable bonds is 3. The second kappa shape index (κ2) is 3.72. The van der Waals surface area contributed by atoms with Crippen molar-refractivity contribution < 1.29 is 4.42 Å². The Morgan fingerprint density at radius 1 is 1.50 bits per heavy atom. The van der Waals surface area contributed by atoms with Gasteiger partial charge < -0.3 is 10.2 Å². The Labute approximate surface area is 73.0 Å². The highest BCUT2D eigenvalue weighted by molar-refractivity contribution is 5.01. The molecular weight excluding hydrogens is 152 g/mol. The fourth-order valence-corrected chi connectivity index (χ4v) is 0.958. The van der Waals surface area contributed by atoms with Crippen molar-refractivity contribution in [2.45, 2.75) is 33.2 Å². The van der Waals surface area contributed by atoms with Crippen LogP contribution in [-0.2, 0) is 6.54 Å². The van der Waals surface area contributed by atoms with Crippen molar-refractivity contribution in [2.24, 2.45) is 11.7 Å². The summed E-state index contributed by atoms with van der Waals surface area (Å²) in [5, 5.41) is 0. The number of aromatic nitrogens is 1. The van der Waals surface area contributed by atoms with Crippen LogP contribution in [0.3, 0.4) is 0 Å². The molecule has 1 atom stereocenters. The van der Waals surface area contributed by atoms with Crippen molar-refractivity contribution in [3.8, 4) is 0 Å². The van der Waals surface area contributed by atoms with E-state index >= 15 is 0 Å². The van der Waals surface area contributed by atoms with Crippen LogP contribution in [0.5, 0.6) is 0 Å². The number of oxazole rings is 1. The number of nitrogens with zero attached hydrogens (tertiary/aromatic N) is 1. The van der Waals surface area contributed by atoms with Crippen LogP contribution in [0.2, 0.25) is 0 Å². The van der Waals surface area contributed by atoms with Crippen LogP contribution in [0.25, 0.3) is 0 Å². The first kappa shape index (κ1) is 9.26. The molecule has 0 aliphatic heterocycles. The Morgan fingerprint density at radius 2 is 2.17 bits per heavy atom. The highest BCUT2D eigenvalue weighted by Gasteiger charge is 2.14. The topological polar surface area (TPSA) is 52.0 Å². The van der Waals surface area contributed by atoms with Crippen molar-refractivity contribution in [1.29, 1.82) is 0 Å². The molecule has 1 aromatic heterocycles. The van der Waals surface area contributed by atoms with E-state index in [1.54, 1.807) is 6.20 Å². The standard InChI is InChI=1S/C9H16N2O/c1-6(2)7(3)8-5-11-9(4-10)12-8/h5-7H,4,10H2,1-3H3. The first-order chi connectivity index (χ1) is 5.65. The van der Waals surface area contributed by atoms with Gasteiger partial charge in [0.25, 0.3) is 0 Å².